The Morgan fingerprint density at radius 3 is 1.60 bits per heavy atom. The molecule has 3 N–H and O–H groups in total. The maximum absolute atomic E-state index is 12.4. The number of carbonyl (C=O) groups excluding carboxylic acids is 2. The van der Waals surface area contributed by atoms with E-state index in [2.05, 4.69) is 39.2 Å². The van der Waals surface area contributed by atoms with E-state index in [-0.39, 0.29) is 32.8 Å². The molecule has 0 saturated heterocycles. The summed E-state index contributed by atoms with van der Waals surface area (Å²) in [4.78, 5) is 23.3. The molecule has 0 heterocycles. The minimum atomic E-state index is -0.632. The number of ether oxygens (including phenoxy) is 5. The largest absolute Gasteiger partial charge is 0.496 e. The summed E-state index contributed by atoms with van der Waals surface area (Å²) in [6, 6.07) is 6.05. The van der Waals surface area contributed by atoms with E-state index in [0.717, 1.165) is 37.7 Å². The van der Waals surface area contributed by atoms with Crippen LogP contribution in [0.25, 0.3) is 0 Å². The lowest BCUT2D eigenvalue weighted by molar-refractivity contribution is 0.0534. The summed E-state index contributed by atoms with van der Waals surface area (Å²) in [7, 11) is 5.96. The molecule has 0 amide bonds. The first-order chi connectivity index (χ1) is 24.4. The monoisotopic (exact) mass is 744 g/mol. The van der Waals surface area contributed by atoms with Crippen LogP contribution in [0.1, 0.15) is 91.6 Å². The molecule has 0 bridgehead atoms. The van der Waals surface area contributed by atoms with E-state index in [1.807, 2.05) is 0 Å². The van der Waals surface area contributed by atoms with E-state index in [4.69, 9.17) is 50.6 Å². The number of rotatable bonds is 13. The highest BCUT2D eigenvalue weighted by atomic mass is 35.5. The van der Waals surface area contributed by atoms with Crippen LogP contribution in [0.15, 0.2) is 71.9 Å². The van der Waals surface area contributed by atoms with Crippen LogP contribution >= 0.6 is 11.6 Å². The van der Waals surface area contributed by atoms with Crippen LogP contribution in [-0.2, 0) is 18.0 Å². The van der Waals surface area contributed by atoms with E-state index in [9.17, 15) is 9.59 Å². The highest BCUT2D eigenvalue weighted by Crippen LogP contribution is 2.38. The van der Waals surface area contributed by atoms with Crippen molar-refractivity contribution in [3.8, 4) is 23.0 Å². The summed E-state index contributed by atoms with van der Waals surface area (Å²) >= 11 is 5.32. The number of benzene rings is 2. The second kappa shape index (κ2) is 23.5. The second-order valence-corrected chi connectivity index (χ2v) is 12.8. The fraction of sp³-hybridized carbons (Fsp3) is 0.463. The molecule has 0 saturated carbocycles. The number of esters is 1. The maximum Gasteiger partial charge on any atom is 0.338 e. The Morgan fingerprint density at radius 2 is 1.23 bits per heavy atom. The molecule has 4 rings (SSSR count). The molecule has 0 radical (unpaired) electrons. The number of carbonyl (C=O) groups is 2. The van der Waals surface area contributed by atoms with Gasteiger partial charge in [0, 0.05) is 11.1 Å². The summed E-state index contributed by atoms with van der Waals surface area (Å²) in [5.41, 5.74) is 6.33. The van der Waals surface area contributed by atoms with Crippen molar-refractivity contribution in [1.29, 1.82) is 0 Å². The van der Waals surface area contributed by atoms with Crippen molar-refractivity contribution >= 4 is 22.8 Å². The molecule has 0 fully saturated rings. The Bertz CT molecular complexity index is 1530. The molecule has 0 aliphatic heterocycles. The summed E-state index contributed by atoms with van der Waals surface area (Å²) in [6.07, 6.45) is 10.6. The quantitative estimate of drug-likeness (QED) is 0.105. The van der Waals surface area contributed by atoms with Crippen molar-refractivity contribution in [2.75, 3.05) is 41.7 Å². The molecule has 0 aromatic heterocycles. The molecule has 288 valence electrons. The van der Waals surface area contributed by atoms with Gasteiger partial charge in [-0.3, -0.25) is 4.79 Å². The van der Waals surface area contributed by atoms with Gasteiger partial charge in [0.2, 0.25) is 5.75 Å². The van der Waals surface area contributed by atoms with Crippen molar-refractivity contribution in [2.45, 2.75) is 73.0 Å². The predicted molar refractivity (Wildman–Crippen MR) is 206 cm³/mol. The molecule has 0 unspecified atom stereocenters. The number of aliphatic hydroxyl groups excluding tert-OH is 3. The van der Waals surface area contributed by atoms with Crippen molar-refractivity contribution in [1.82, 2.24) is 0 Å². The molecule has 2 aliphatic carbocycles. The topological polar surface area (TPSA) is 141 Å². The normalized spacial score (nSPS) is 16.1. The summed E-state index contributed by atoms with van der Waals surface area (Å²) < 4.78 is 26.2. The van der Waals surface area contributed by atoms with Crippen LogP contribution < -0.4 is 18.9 Å². The number of hydrogen-bond acceptors (Lipinski definition) is 10. The smallest absolute Gasteiger partial charge is 0.338 e. The SMILES string of the molecule is C.C=C(C)[C@@H]1CC=C(CO)CC1.C=C(C)[C@@H]1CC=C(COC(=O)c2cc(OC)c(OC)c(OC)c2)CC1.COc1cc(C(=O)Cl)cc(CO)c1CO. The van der Waals surface area contributed by atoms with Crippen molar-refractivity contribution in [2.24, 2.45) is 11.8 Å². The summed E-state index contributed by atoms with van der Waals surface area (Å²) in [6.45, 7) is 12.1. The van der Waals surface area contributed by atoms with Gasteiger partial charge < -0.3 is 39.0 Å². The zero-order valence-corrected chi connectivity index (χ0v) is 31.4. The predicted octanol–water partition coefficient (Wildman–Crippen LogP) is 8.15. The average Bonchev–Trinajstić information content (AvgIpc) is 3.16. The third-order valence-electron chi connectivity index (χ3n) is 8.97. The van der Waals surface area contributed by atoms with E-state index in [0.29, 0.717) is 58.1 Å². The van der Waals surface area contributed by atoms with Gasteiger partial charge in [0.25, 0.3) is 5.24 Å². The van der Waals surface area contributed by atoms with Crippen LogP contribution in [0.4, 0.5) is 0 Å². The van der Waals surface area contributed by atoms with Gasteiger partial charge in [-0.1, -0.05) is 43.9 Å². The molecule has 10 nitrogen and oxygen atoms in total. The number of aliphatic hydroxyl groups is 3. The van der Waals surface area contributed by atoms with Gasteiger partial charge in [0.1, 0.15) is 12.4 Å². The van der Waals surface area contributed by atoms with E-state index < -0.39 is 11.2 Å². The van der Waals surface area contributed by atoms with Gasteiger partial charge in [0.05, 0.1) is 53.8 Å². The van der Waals surface area contributed by atoms with E-state index in [1.165, 1.54) is 63.7 Å². The van der Waals surface area contributed by atoms with Crippen molar-refractivity contribution < 1.29 is 48.6 Å². The second-order valence-electron chi connectivity index (χ2n) is 12.4. The Labute approximate surface area is 314 Å². The first-order valence-corrected chi connectivity index (χ1v) is 17.1. The zero-order chi connectivity index (χ0) is 38.1. The first kappa shape index (κ1) is 45.9. The fourth-order valence-corrected chi connectivity index (χ4v) is 5.82. The Morgan fingerprint density at radius 1 is 0.731 bits per heavy atom. The number of methoxy groups -OCH3 is 4. The maximum atomic E-state index is 12.4. The molecule has 2 aromatic carbocycles. The van der Waals surface area contributed by atoms with Crippen LogP contribution in [0.3, 0.4) is 0 Å². The molecule has 2 aliphatic rings. The third kappa shape index (κ3) is 13.5. The van der Waals surface area contributed by atoms with Crippen LogP contribution in [-0.4, -0.2) is 68.2 Å². The van der Waals surface area contributed by atoms with Crippen LogP contribution in [0, 0.1) is 11.8 Å². The van der Waals surface area contributed by atoms with E-state index >= 15 is 0 Å². The van der Waals surface area contributed by atoms with Gasteiger partial charge in [-0.05, 0) is 117 Å². The zero-order valence-electron chi connectivity index (χ0n) is 30.7. The third-order valence-corrected chi connectivity index (χ3v) is 9.19. The molecular formula is C41H57ClO10. The average molecular weight is 745 g/mol. The molecular weight excluding hydrogens is 688 g/mol. The van der Waals surface area contributed by atoms with Gasteiger partial charge in [-0.2, -0.15) is 0 Å². The summed E-state index contributed by atoms with van der Waals surface area (Å²) in [5.74, 6) is 2.42. The highest BCUT2D eigenvalue weighted by molar-refractivity contribution is 6.67. The first-order valence-electron chi connectivity index (χ1n) is 16.7. The molecule has 0 spiro atoms. The lowest BCUT2D eigenvalue weighted by Gasteiger charge is -2.22. The lowest BCUT2D eigenvalue weighted by Crippen LogP contribution is -2.13. The number of allylic oxidation sites excluding steroid dienone is 4. The van der Waals surface area contributed by atoms with Gasteiger partial charge >= 0.3 is 5.97 Å². The Hall–Kier alpha value is -4.09. The van der Waals surface area contributed by atoms with Crippen molar-refractivity contribution in [3.05, 3.63) is 94.1 Å². The number of halogens is 1. The molecule has 11 heteroatoms. The Balaban J connectivity index is 0.000000426. The lowest BCUT2D eigenvalue weighted by atomic mass is 9.86. The fourth-order valence-electron chi connectivity index (χ4n) is 5.71. The minimum absolute atomic E-state index is 0. The van der Waals surface area contributed by atoms with Gasteiger partial charge in [0.15, 0.2) is 11.5 Å². The molecule has 52 heavy (non-hydrogen) atoms. The van der Waals surface area contributed by atoms with Crippen molar-refractivity contribution in [3.63, 3.8) is 0 Å². The highest BCUT2D eigenvalue weighted by Gasteiger charge is 2.20. The van der Waals surface area contributed by atoms with Crippen LogP contribution in [0.5, 0.6) is 23.0 Å². The minimum Gasteiger partial charge on any atom is -0.496 e. The molecule has 2 aromatic rings. The Kier molecular flexibility index (Phi) is 20.7. The summed E-state index contributed by atoms with van der Waals surface area (Å²) in [5, 5.41) is 26.3. The van der Waals surface area contributed by atoms with E-state index in [1.54, 1.807) is 12.1 Å². The number of hydrogen-bond donors (Lipinski definition) is 3. The van der Waals surface area contributed by atoms with Gasteiger partial charge in [-0.15, -0.1) is 0 Å². The van der Waals surface area contributed by atoms with Crippen LogP contribution in [0.2, 0.25) is 0 Å². The standard InChI is InChI=1S/C20H26O5.C10H11ClO4.C10H16O.CH4/c1-13(2)15-8-6-14(7-9-15)12-25-20(21)16-10-17(22-3)19(24-5)18(11-16)23-4;1-15-9-3-6(10(11)14)2-7(4-12)8(9)5-13;1-8(2)10-5-3-9(7-11)4-6-10;/h6,10-11,15H,1,7-9,12H2,2-5H3;2-3,12-13H,4-5H2,1H3;3,10-11H,1,4-7H2,2H3;1H4/t15-;;10-;/m1.1./s1. The van der Waals surface area contributed by atoms with Gasteiger partial charge in [-0.25, -0.2) is 4.79 Å². The molecule has 2 atom stereocenters.